The van der Waals surface area contributed by atoms with E-state index in [0.29, 0.717) is 11.4 Å². The van der Waals surface area contributed by atoms with Crippen LogP contribution >= 0.6 is 22.9 Å². The molecular formula is C19H15ClN4OS. The number of nitrogens with zero attached hydrogens (tertiary/aromatic N) is 3. The van der Waals surface area contributed by atoms with E-state index in [1.807, 2.05) is 42.6 Å². The Bertz CT molecular complexity index is 1060. The summed E-state index contributed by atoms with van der Waals surface area (Å²) in [7, 11) is 0. The Kier molecular flexibility index (Phi) is 3.70. The molecular weight excluding hydrogens is 368 g/mol. The van der Waals surface area contributed by atoms with E-state index >= 15 is 0 Å². The molecule has 0 saturated carbocycles. The fraction of sp³-hybridized carbons (Fsp3) is 0.158. The van der Waals surface area contributed by atoms with E-state index < -0.39 is 6.10 Å². The van der Waals surface area contributed by atoms with E-state index in [4.69, 9.17) is 11.6 Å². The zero-order valence-corrected chi connectivity index (χ0v) is 15.2. The number of nitrogens with one attached hydrogen (secondary N) is 1. The van der Waals surface area contributed by atoms with Crippen molar-refractivity contribution in [1.82, 2.24) is 14.6 Å². The quantitative estimate of drug-likeness (QED) is 0.558. The molecule has 7 heteroatoms. The molecule has 1 aliphatic carbocycles. The third-order valence-electron chi connectivity index (χ3n) is 4.67. The van der Waals surface area contributed by atoms with Crippen LogP contribution < -0.4 is 5.32 Å². The van der Waals surface area contributed by atoms with Gasteiger partial charge in [0, 0.05) is 17.0 Å². The largest absolute Gasteiger partial charge is 0.390 e. The number of anilines is 1. The van der Waals surface area contributed by atoms with E-state index in [2.05, 4.69) is 27.5 Å². The molecule has 1 aliphatic rings. The second-order valence-corrected chi connectivity index (χ2v) is 7.75. The van der Waals surface area contributed by atoms with Crippen molar-refractivity contribution in [2.75, 3.05) is 5.32 Å². The normalized spacial score (nSPS) is 19.0. The monoisotopic (exact) mass is 382 g/mol. The fourth-order valence-corrected chi connectivity index (χ4v) is 4.34. The van der Waals surface area contributed by atoms with Gasteiger partial charge >= 0.3 is 0 Å². The summed E-state index contributed by atoms with van der Waals surface area (Å²) < 4.78 is 1.77. The first-order chi connectivity index (χ1) is 12.7. The highest BCUT2D eigenvalue weighted by Gasteiger charge is 2.31. The van der Waals surface area contributed by atoms with Crippen LogP contribution in [0.5, 0.6) is 0 Å². The molecule has 0 radical (unpaired) electrons. The minimum atomic E-state index is -0.451. The average Bonchev–Trinajstić information content (AvgIpc) is 3.28. The summed E-state index contributed by atoms with van der Waals surface area (Å²) in [4.78, 5) is 5.45. The highest BCUT2D eigenvalue weighted by Crippen LogP contribution is 2.35. The first kappa shape index (κ1) is 15.8. The lowest BCUT2D eigenvalue weighted by Crippen LogP contribution is -2.21. The third kappa shape index (κ3) is 2.67. The SMILES string of the molecule is O[C@@H]1Cc2ccccc2[C@@H]1Nc1nn2cc(-c3ccc(Cl)cc3)nc2s1. The zero-order valence-electron chi connectivity index (χ0n) is 13.6. The molecule has 2 atom stereocenters. The number of hydrogen-bond donors (Lipinski definition) is 2. The van der Waals surface area contributed by atoms with Gasteiger partial charge in [-0.15, -0.1) is 5.10 Å². The van der Waals surface area contributed by atoms with Gasteiger partial charge in [-0.25, -0.2) is 9.50 Å². The minimum Gasteiger partial charge on any atom is -0.390 e. The van der Waals surface area contributed by atoms with Crippen LogP contribution in [0.2, 0.25) is 5.02 Å². The predicted octanol–water partition coefficient (Wildman–Crippen LogP) is 4.18. The molecule has 0 saturated heterocycles. The molecule has 2 heterocycles. The fourth-order valence-electron chi connectivity index (χ4n) is 3.40. The second kappa shape index (κ2) is 6.09. The van der Waals surface area contributed by atoms with E-state index in [1.165, 1.54) is 16.9 Å². The first-order valence-electron chi connectivity index (χ1n) is 8.32. The number of aromatic nitrogens is 3. The molecule has 0 unspecified atom stereocenters. The van der Waals surface area contributed by atoms with Crippen LogP contribution in [0.3, 0.4) is 0 Å². The summed E-state index contributed by atoms with van der Waals surface area (Å²) in [6, 6.07) is 15.6. The molecule has 2 aromatic heterocycles. The molecule has 5 nitrogen and oxygen atoms in total. The molecule has 2 N–H and O–H groups in total. The molecule has 0 amide bonds. The molecule has 0 aliphatic heterocycles. The summed E-state index contributed by atoms with van der Waals surface area (Å²) >= 11 is 7.41. The number of imidazole rings is 1. The number of benzene rings is 2. The highest BCUT2D eigenvalue weighted by atomic mass is 35.5. The molecule has 0 spiro atoms. The van der Waals surface area contributed by atoms with Gasteiger partial charge in [-0.2, -0.15) is 0 Å². The van der Waals surface area contributed by atoms with Crippen LogP contribution in [0.4, 0.5) is 5.13 Å². The Morgan fingerprint density at radius 1 is 1.15 bits per heavy atom. The van der Waals surface area contributed by atoms with E-state index in [-0.39, 0.29) is 6.04 Å². The van der Waals surface area contributed by atoms with E-state index in [9.17, 15) is 5.11 Å². The lowest BCUT2D eigenvalue weighted by molar-refractivity contribution is 0.166. The van der Waals surface area contributed by atoms with Crippen LogP contribution in [0.25, 0.3) is 16.2 Å². The van der Waals surface area contributed by atoms with Gasteiger partial charge in [0.25, 0.3) is 0 Å². The average molecular weight is 383 g/mol. The number of aliphatic hydroxyl groups is 1. The van der Waals surface area contributed by atoms with Crippen molar-refractivity contribution in [2.24, 2.45) is 0 Å². The molecule has 0 fully saturated rings. The molecule has 4 aromatic rings. The van der Waals surface area contributed by atoms with Crippen molar-refractivity contribution in [3.63, 3.8) is 0 Å². The maximum absolute atomic E-state index is 10.4. The number of rotatable bonds is 3. The molecule has 0 bridgehead atoms. The Hall–Kier alpha value is -2.41. The van der Waals surface area contributed by atoms with Gasteiger partial charge in [0.15, 0.2) is 0 Å². The number of hydrogen-bond acceptors (Lipinski definition) is 5. The Morgan fingerprint density at radius 2 is 1.96 bits per heavy atom. The van der Waals surface area contributed by atoms with E-state index in [0.717, 1.165) is 26.9 Å². The van der Waals surface area contributed by atoms with Crippen molar-refractivity contribution in [3.8, 4) is 11.3 Å². The lowest BCUT2D eigenvalue weighted by Gasteiger charge is -2.16. The van der Waals surface area contributed by atoms with Crippen molar-refractivity contribution < 1.29 is 5.11 Å². The third-order valence-corrected chi connectivity index (χ3v) is 5.77. The Morgan fingerprint density at radius 3 is 2.77 bits per heavy atom. The number of halogens is 1. The van der Waals surface area contributed by atoms with Crippen molar-refractivity contribution >= 4 is 33.0 Å². The highest BCUT2D eigenvalue weighted by molar-refractivity contribution is 7.20. The maximum atomic E-state index is 10.4. The predicted molar refractivity (Wildman–Crippen MR) is 104 cm³/mol. The summed E-state index contributed by atoms with van der Waals surface area (Å²) in [6.45, 7) is 0. The van der Waals surface area contributed by atoms with E-state index in [1.54, 1.807) is 4.52 Å². The molecule has 130 valence electrons. The lowest BCUT2D eigenvalue weighted by atomic mass is 10.1. The molecule has 2 aromatic carbocycles. The second-order valence-electron chi connectivity index (χ2n) is 6.36. The van der Waals surface area contributed by atoms with Gasteiger partial charge in [0.05, 0.1) is 24.0 Å². The molecule has 5 rings (SSSR count). The Balaban J connectivity index is 1.42. The van der Waals surface area contributed by atoms with Gasteiger partial charge in [-0.05, 0) is 23.3 Å². The van der Waals surface area contributed by atoms with Crippen molar-refractivity contribution in [3.05, 3.63) is 70.9 Å². The zero-order chi connectivity index (χ0) is 17.7. The standard InChI is InChI=1S/C19H15ClN4OS/c20-13-7-5-11(6-8-13)15-10-24-19(21-15)26-18(23-24)22-17-14-4-2-1-3-12(14)9-16(17)25/h1-8,10,16-17,25H,9H2,(H,22,23)/t16-,17+/m1/s1. The van der Waals surface area contributed by atoms with Crippen LogP contribution in [0.15, 0.2) is 54.7 Å². The van der Waals surface area contributed by atoms with Crippen LogP contribution in [0, 0.1) is 0 Å². The summed E-state index contributed by atoms with van der Waals surface area (Å²) in [5.74, 6) is 0. The van der Waals surface area contributed by atoms with Crippen LogP contribution in [-0.2, 0) is 6.42 Å². The topological polar surface area (TPSA) is 62.5 Å². The van der Waals surface area contributed by atoms with Gasteiger partial charge in [-0.1, -0.05) is 59.3 Å². The van der Waals surface area contributed by atoms with Crippen molar-refractivity contribution in [1.29, 1.82) is 0 Å². The van der Waals surface area contributed by atoms with Gasteiger partial charge in [-0.3, -0.25) is 0 Å². The number of aliphatic hydroxyl groups excluding tert-OH is 1. The first-order valence-corrected chi connectivity index (χ1v) is 9.51. The smallest absolute Gasteiger partial charge is 0.214 e. The van der Waals surface area contributed by atoms with Crippen LogP contribution in [-0.4, -0.2) is 25.8 Å². The Labute approximate surface area is 158 Å². The van der Waals surface area contributed by atoms with Gasteiger partial charge in [0.2, 0.25) is 10.1 Å². The summed E-state index contributed by atoms with van der Waals surface area (Å²) in [6.07, 6.45) is 2.12. The summed E-state index contributed by atoms with van der Waals surface area (Å²) in [5, 5.41) is 19.8. The maximum Gasteiger partial charge on any atom is 0.214 e. The van der Waals surface area contributed by atoms with Crippen LogP contribution in [0.1, 0.15) is 17.2 Å². The van der Waals surface area contributed by atoms with Gasteiger partial charge < -0.3 is 10.4 Å². The van der Waals surface area contributed by atoms with Gasteiger partial charge in [0.1, 0.15) is 0 Å². The molecule has 26 heavy (non-hydrogen) atoms. The minimum absolute atomic E-state index is 0.141. The van der Waals surface area contributed by atoms with Crippen molar-refractivity contribution in [2.45, 2.75) is 18.6 Å². The number of fused-ring (bicyclic) bond motifs is 2. The summed E-state index contributed by atoms with van der Waals surface area (Å²) in [5.41, 5.74) is 4.18.